The molecule has 0 saturated carbocycles. The Hall–Kier alpha value is -1.18. The fraction of sp³-hybridized carbons (Fsp3) is 0.588. The number of piperidine rings is 1. The van der Waals surface area contributed by atoms with Gasteiger partial charge in [-0.2, -0.15) is 0 Å². The number of nitrogens with one attached hydrogen (secondary N) is 1. The van der Waals surface area contributed by atoms with Crippen LogP contribution in [0.15, 0.2) is 24.3 Å². The minimum atomic E-state index is -3.54. The molecule has 25 heavy (non-hydrogen) atoms. The second-order valence-corrected chi connectivity index (χ2v) is 8.70. The zero-order valence-corrected chi connectivity index (χ0v) is 16.3. The molecule has 142 valence electrons. The lowest BCUT2D eigenvalue weighted by atomic mass is 9.94. The highest BCUT2D eigenvalue weighted by molar-refractivity contribution is 7.92. The van der Waals surface area contributed by atoms with E-state index < -0.39 is 14.6 Å². The van der Waals surface area contributed by atoms with Crippen molar-refractivity contribution in [2.75, 3.05) is 25.9 Å². The van der Waals surface area contributed by atoms with Gasteiger partial charge in [-0.15, -0.1) is 12.4 Å². The maximum absolute atomic E-state index is 13.2. The summed E-state index contributed by atoms with van der Waals surface area (Å²) in [6.45, 7) is 3.73. The third kappa shape index (κ3) is 4.92. The van der Waals surface area contributed by atoms with Gasteiger partial charge in [-0.25, -0.2) is 12.8 Å². The summed E-state index contributed by atoms with van der Waals surface area (Å²) >= 11 is 0. The van der Waals surface area contributed by atoms with E-state index >= 15 is 0 Å². The highest BCUT2D eigenvalue weighted by Crippen LogP contribution is 2.30. The Bertz CT molecular complexity index is 674. The van der Waals surface area contributed by atoms with Gasteiger partial charge in [0.05, 0.1) is 0 Å². The molecule has 1 aliphatic heterocycles. The predicted molar refractivity (Wildman–Crippen MR) is 99.0 cm³/mol. The molecule has 0 bridgehead atoms. The fourth-order valence-electron chi connectivity index (χ4n) is 3.19. The number of nitrogens with zero attached hydrogens (tertiary/aromatic N) is 1. The maximum atomic E-state index is 13.2. The van der Waals surface area contributed by atoms with Crippen molar-refractivity contribution in [3.63, 3.8) is 0 Å². The van der Waals surface area contributed by atoms with Crippen molar-refractivity contribution in [3.05, 3.63) is 35.6 Å². The Balaban J connectivity index is 0.00000312. The number of carbonyl (C=O) groups excluding carboxylic acids is 1. The van der Waals surface area contributed by atoms with Crippen LogP contribution in [0.25, 0.3) is 0 Å². The Morgan fingerprint density at radius 2 is 1.80 bits per heavy atom. The quantitative estimate of drug-likeness (QED) is 0.805. The fourth-order valence-corrected chi connectivity index (χ4v) is 4.59. The number of rotatable bonds is 6. The number of halogens is 2. The highest BCUT2D eigenvalue weighted by atomic mass is 35.5. The monoisotopic (exact) mass is 392 g/mol. The largest absolute Gasteiger partial charge is 0.337 e. The summed E-state index contributed by atoms with van der Waals surface area (Å²) in [6, 6.07) is 5.95. The predicted octanol–water partition coefficient (Wildman–Crippen LogP) is 2.15. The van der Waals surface area contributed by atoms with Crippen molar-refractivity contribution >= 4 is 28.2 Å². The highest BCUT2D eigenvalue weighted by Gasteiger charge is 2.50. The van der Waals surface area contributed by atoms with Crippen LogP contribution in [-0.2, 0) is 21.2 Å². The minimum absolute atomic E-state index is 0. The summed E-state index contributed by atoms with van der Waals surface area (Å²) in [5.41, 5.74) is 0.788. The third-order valence-corrected chi connectivity index (χ3v) is 6.58. The van der Waals surface area contributed by atoms with Gasteiger partial charge in [0.25, 0.3) is 0 Å². The van der Waals surface area contributed by atoms with E-state index in [2.05, 4.69) is 5.32 Å². The first-order valence-electron chi connectivity index (χ1n) is 8.24. The Labute approximate surface area is 155 Å². The van der Waals surface area contributed by atoms with Crippen LogP contribution in [-0.4, -0.2) is 49.9 Å². The Morgan fingerprint density at radius 1 is 1.24 bits per heavy atom. The Kier molecular flexibility index (Phi) is 7.84. The molecular weight excluding hydrogens is 367 g/mol. The normalized spacial score (nSPS) is 16.8. The van der Waals surface area contributed by atoms with Crippen LogP contribution in [0.1, 0.15) is 31.7 Å². The van der Waals surface area contributed by atoms with Crippen molar-refractivity contribution in [3.8, 4) is 0 Å². The van der Waals surface area contributed by atoms with Crippen LogP contribution < -0.4 is 5.32 Å². The molecule has 1 aromatic carbocycles. The lowest BCUT2D eigenvalue weighted by molar-refractivity contribution is -0.135. The molecule has 1 fully saturated rings. The number of hydrogen-bond donors (Lipinski definition) is 1. The van der Waals surface area contributed by atoms with E-state index in [1.807, 2.05) is 6.92 Å². The van der Waals surface area contributed by atoms with Crippen LogP contribution in [0, 0.1) is 5.82 Å². The first-order valence-corrected chi connectivity index (χ1v) is 10.1. The summed E-state index contributed by atoms with van der Waals surface area (Å²) in [5, 5.41) is 3.12. The van der Waals surface area contributed by atoms with Crippen molar-refractivity contribution in [2.24, 2.45) is 0 Å². The van der Waals surface area contributed by atoms with Gasteiger partial charge in [-0.1, -0.05) is 19.1 Å². The third-order valence-electron chi connectivity index (χ3n) is 4.58. The molecule has 1 saturated heterocycles. The second-order valence-electron chi connectivity index (χ2n) is 6.37. The average Bonchev–Trinajstić information content (AvgIpc) is 2.55. The van der Waals surface area contributed by atoms with Crippen molar-refractivity contribution in [2.45, 2.75) is 37.5 Å². The molecule has 8 heteroatoms. The standard InChI is InChI=1S/C17H25FN2O3S.ClH/c1-3-12-20(13-14-4-6-15(18)7-5-14)16(21)17(24(2,22)23)8-10-19-11-9-17;/h4-7,19H,3,8-13H2,1-2H3;1H. The summed E-state index contributed by atoms with van der Waals surface area (Å²) in [6.07, 6.45) is 2.45. The average molecular weight is 393 g/mol. The van der Waals surface area contributed by atoms with Crippen LogP contribution >= 0.6 is 12.4 Å². The molecule has 5 nitrogen and oxygen atoms in total. The molecule has 1 heterocycles. The zero-order chi connectivity index (χ0) is 17.8. The molecule has 2 rings (SSSR count). The smallest absolute Gasteiger partial charge is 0.244 e. The van der Waals surface area contributed by atoms with Crippen LogP contribution in [0.4, 0.5) is 4.39 Å². The van der Waals surface area contributed by atoms with Gasteiger partial charge in [-0.05, 0) is 50.0 Å². The van der Waals surface area contributed by atoms with Crippen molar-refractivity contribution in [1.82, 2.24) is 10.2 Å². The number of hydrogen-bond acceptors (Lipinski definition) is 4. The summed E-state index contributed by atoms with van der Waals surface area (Å²) in [5.74, 6) is -0.671. The molecule has 1 amide bonds. The molecule has 0 atom stereocenters. The number of carbonyl (C=O) groups is 1. The summed E-state index contributed by atoms with van der Waals surface area (Å²) in [7, 11) is -3.54. The van der Waals surface area contributed by atoms with E-state index in [4.69, 9.17) is 0 Å². The zero-order valence-electron chi connectivity index (χ0n) is 14.6. The molecule has 0 spiro atoms. The molecule has 0 aliphatic carbocycles. The minimum Gasteiger partial charge on any atom is -0.337 e. The Morgan fingerprint density at radius 3 is 2.28 bits per heavy atom. The summed E-state index contributed by atoms with van der Waals surface area (Å²) < 4.78 is 36.6. The topological polar surface area (TPSA) is 66.5 Å². The van der Waals surface area contributed by atoms with Crippen molar-refractivity contribution < 1.29 is 17.6 Å². The molecule has 1 aliphatic rings. The molecule has 1 aromatic rings. The summed E-state index contributed by atoms with van der Waals surface area (Å²) in [4.78, 5) is 14.8. The van der Waals surface area contributed by atoms with E-state index in [-0.39, 0.29) is 43.5 Å². The van der Waals surface area contributed by atoms with Crippen molar-refractivity contribution in [1.29, 1.82) is 0 Å². The second kappa shape index (κ2) is 8.96. The van der Waals surface area contributed by atoms with E-state index in [0.717, 1.165) is 18.2 Å². The van der Waals surface area contributed by atoms with Crippen LogP contribution in [0.3, 0.4) is 0 Å². The van der Waals surface area contributed by atoms with E-state index in [0.29, 0.717) is 19.6 Å². The van der Waals surface area contributed by atoms with Gasteiger partial charge in [0.1, 0.15) is 5.82 Å². The van der Waals surface area contributed by atoms with Crippen LogP contribution in [0.5, 0.6) is 0 Å². The first-order chi connectivity index (χ1) is 11.3. The number of sulfone groups is 1. The van der Waals surface area contributed by atoms with Gasteiger partial charge in [-0.3, -0.25) is 4.79 Å². The van der Waals surface area contributed by atoms with Gasteiger partial charge in [0.2, 0.25) is 5.91 Å². The molecular formula is C17H26ClFN2O3S. The molecule has 1 N–H and O–H groups in total. The number of benzene rings is 1. The lowest BCUT2D eigenvalue weighted by Gasteiger charge is -2.38. The molecule has 0 radical (unpaired) electrons. The molecule has 0 unspecified atom stereocenters. The lowest BCUT2D eigenvalue weighted by Crippen LogP contribution is -2.58. The van der Waals surface area contributed by atoms with Gasteiger partial charge in [0, 0.05) is 19.3 Å². The van der Waals surface area contributed by atoms with Gasteiger partial charge < -0.3 is 10.2 Å². The van der Waals surface area contributed by atoms with E-state index in [1.165, 1.54) is 12.1 Å². The van der Waals surface area contributed by atoms with Gasteiger partial charge in [0.15, 0.2) is 14.6 Å². The number of amides is 1. The van der Waals surface area contributed by atoms with Gasteiger partial charge >= 0.3 is 0 Å². The van der Waals surface area contributed by atoms with Crippen LogP contribution in [0.2, 0.25) is 0 Å². The molecule has 0 aromatic heterocycles. The maximum Gasteiger partial charge on any atom is 0.244 e. The first kappa shape index (κ1) is 21.9. The van der Waals surface area contributed by atoms with E-state index in [1.54, 1.807) is 17.0 Å². The SMILES string of the molecule is CCCN(Cc1ccc(F)cc1)C(=O)C1(S(C)(=O)=O)CCNCC1.Cl. The van der Waals surface area contributed by atoms with E-state index in [9.17, 15) is 17.6 Å².